The van der Waals surface area contributed by atoms with Crippen LogP contribution in [-0.4, -0.2) is 24.5 Å². The second-order valence-electron chi connectivity index (χ2n) is 5.26. The van der Waals surface area contributed by atoms with Gasteiger partial charge in [0.05, 0.1) is 6.61 Å². The highest BCUT2D eigenvalue weighted by Crippen LogP contribution is 2.22. The number of carbonyl (C=O) groups excluding carboxylic acids is 1. The maximum Gasteiger partial charge on any atom is 0.352 e. The number of carbonyl (C=O) groups is 1. The van der Waals surface area contributed by atoms with Gasteiger partial charge in [0.1, 0.15) is 5.75 Å². The van der Waals surface area contributed by atoms with Crippen LogP contribution in [-0.2, 0) is 14.3 Å². The molecule has 0 spiro atoms. The molecule has 21 heavy (non-hydrogen) atoms. The number of esters is 1. The molecule has 0 saturated carbocycles. The van der Waals surface area contributed by atoms with E-state index in [2.05, 4.69) is 6.92 Å². The first kappa shape index (κ1) is 17.8. The van der Waals surface area contributed by atoms with Crippen molar-refractivity contribution in [2.75, 3.05) is 6.61 Å². The summed E-state index contributed by atoms with van der Waals surface area (Å²) < 4.78 is 16.3. The van der Waals surface area contributed by atoms with Crippen molar-refractivity contribution in [1.29, 1.82) is 0 Å². The van der Waals surface area contributed by atoms with Crippen LogP contribution in [0.5, 0.6) is 5.75 Å². The summed E-state index contributed by atoms with van der Waals surface area (Å²) in [5, 5.41) is 0.612. The van der Waals surface area contributed by atoms with Gasteiger partial charge >= 0.3 is 5.97 Å². The van der Waals surface area contributed by atoms with Crippen LogP contribution in [0.4, 0.5) is 0 Å². The third-order valence-electron chi connectivity index (χ3n) is 2.80. The lowest BCUT2D eigenvalue weighted by atomic mass is 10.1. The van der Waals surface area contributed by atoms with Crippen molar-refractivity contribution >= 4 is 17.6 Å². The van der Waals surface area contributed by atoms with E-state index >= 15 is 0 Å². The number of benzene rings is 1. The first-order valence-electron chi connectivity index (χ1n) is 7.12. The number of hydrogen-bond donors (Lipinski definition) is 0. The summed E-state index contributed by atoms with van der Waals surface area (Å²) in [7, 11) is 0. The van der Waals surface area contributed by atoms with E-state index in [-0.39, 0.29) is 0 Å². The molecule has 1 atom stereocenters. The number of ether oxygens (including phenoxy) is 3. The minimum absolute atomic E-state index is 0.471. The van der Waals surface area contributed by atoms with Crippen molar-refractivity contribution in [3.63, 3.8) is 0 Å². The third kappa shape index (κ3) is 6.36. The highest BCUT2D eigenvalue weighted by molar-refractivity contribution is 6.30. The average Bonchev–Trinajstić information content (AvgIpc) is 2.41. The molecular formula is C16H23ClO4. The van der Waals surface area contributed by atoms with Gasteiger partial charge in [-0.3, -0.25) is 0 Å². The first-order valence-corrected chi connectivity index (χ1v) is 7.50. The zero-order valence-electron chi connectivity index (χ0n) is 13.0. The van der Waals surface area contributed by atoms with Crippen LogP contribution in [0.3, 0.4) is 0 Å². The van der Waals surface area contributed by atoms with Crippen LogP contribution >= 0.6 is 11.6 Å². The van der Waals surface area contributed by atoms with Crippen molar-refractivity contribution in [3.05, 3.63) is 29.3 Å². The fourth-order valence-electron chi connectivity index (χ4n) is 1.56. The Hall–Kier alpha value is -1.26. The van der Waals surface area contributed by atoms with E-state index in [4.69, 9.17) is 25.8 Å². The second-order valence-corrected chi connectivity index (χ2v) is 5.70. The van der Waals surface area contributed by atoms with Crippen LogP contribution < -0.4 is 4.74 Å². The van der Waals surface area contributed by atoms with E-state index in [0.29, 0.717) is 17.4 Å². The molecule has 0 aromatic heterocycles. The molecule has 118 valence electrons. The quantitative estimate of drug-likeness (QED) is 0.410. The zero-order chi connectivity index (χ0) is 15.9. The molecule has 0 saturated heterocycles. The minimum Gasteiger partial charge on any atom is -0.476 e. The lowest BCUT2D eigenvalue weighted by Crippen LogP contribution is -2.41. The van der Waals surface area contributed by atoms with Crippen LogP contribution in [0.2, 0.25) is 5.02 Å². The average molecular weight is 315 g/mol. The maximum absolute atomic E-state index is 12.1. The molecule has 0 aliphatic heterocycles. The molecule has 0 bridgehead atoms. The molecule has 0 fully saturated rings. The van der Waals surface area contributed by atoms with Gasteiger partial charge in [-0.15, -0.1) is 0 Å². The van der Waals surface area contributed by atoms with E-state index in [0.717, 1.165) is 12.8 Å². The predicted octanol–water partition coefficient (Wildman–Crippen LogP) is 4.20. The van der Waals surface area contributed by atoms with Gasteiger partial charge in [0.2, 0.25) is 0 Å². The monoisotopic (exact) mass is 314 g/mol. The Morgan fingerprint density at radius 3 is 2.48 bits per heavy atom. The molecule has 0 aliphatic rings. The van der Waals surface area contributed by atoms with Crippen LogP contribution in [0.25, 0.3) is 0 Å². The van der Waals surface area contributed by atoms with Gasteiger partial charge in [0, 0.05) is 5.02 Å². The molecule has 1 aromatic carbocycles. The number of halogens is 1. The predicted molar refractivity (Wildman–Crippen MR) is 82.6 cm³/mol. The number of hydrogen-bond acceptors (Lipinski definition) is 4. The molecule has 5 heteroatoms. The Morgan fingerprint density at radius 1 is 1.29 bits per heavy atom. The van der Waals surface area contributed by atoms with Gasteiger partial charge in [-0.2, -0.15) is 0 Å². The maximum atomic E-state index is 12.1. The van der Waals surface area contributed by atoms with Gasteiger partial charge < -0.3 is 14.2 Å². The van der Waals surface area contributed by atoms with Crippen LogP contribution in [0.15, 0.2) is 24.3 Å². The topological polar surface area (TPSA) is 44.8 Å². The SMILES string of the molecule is CCCCOC(C)OC(=O)C(C)(C)Oc1ccc(Cl)cc1. The van der Waals surface area contributed by atoms with Gasteiger partial charge in [-0.25, -0.2) is 4.79 Å². The van der Waals surface area contributed by atoms with Gasteiger partial charge in [-0.05, 0) is 51.5 Å². The highest BCUT2D eigenvalue weighted by Gasteiger charge is 2.33. The van der Waals surface area contributed by atoms with E-state index in [1.807, 2.05) is 0 Å². The van der Waals surface area contributed by atoms with Crippen molar-refractivity contribution in [2.45, 2.75) is 52.4 Å². The van der Waals surface area contributed by atoms with E-state index in [1.54, 1.807) is 45.0 Å². The molecule has 0 N–H and O–H groups in total. The highest BCUT2D eigenvalue weighted by atomic mass is 35.5. The lowest BCUT2D eigenvalue weighted by molar-refractivity contribution is -0.189. The molecule has 1 aromatic rings. The summed E-state index contributed by atoms with van der Waals surface area (Å²) in [5.41, 5.74) is -1.10. The third-order valence-corrected chi connectivity index (χ3v) is 3.05. The normalized spacial score (nSPS) is 12.8. The second kappa shape index (κ2) is 8.25. The smallest absolute Gasteiger partial charge is 0.352 e. The Labute approximate surface area is 131 Å². The molecule has 4 nitrogen and oxygen atoms in total. The van der Waals surface area contributed by atoms with E-state index in [1.165, 1.54) is 0 Å². The molecule has 0 amide bonds. The molecule has 0 aliphatic carbocycles. The van der Waals surface area contributed by atoms with Crippen LogP contribution in [0.1, 0.15) is 40.5 Å². The first-order chi connectivity index (χ1) is 9.85. The summed E-state index contributed by atoms with van der Waals surface area (Å²) in [5.74, 6) is 0.0855. The Bertz CT molecular complexity index is 442. The van der Waals surface area contributed by atoms with Crippen molar-refractivity contribution in [1.82, 2.24) is 0 Å². The van der Waals surface area contributed by atoms with Gasteiger partial charge in [0.15, 0.2) is 11.9 Å². The zero-order valence-corrected chi connectivity index (χ0v) is 13.8. The number of unbranched alkanes of at least 4 members (excludes halogenated alkanes) is 1. The van der Waals surface area contributed by atoms with Crippen molar-refractivity contribution < 1.29 is 19.0 Å². The molecule has 1 unspecified atom stereocenters. The number of rotatable bonds is 8. The summed E-state index contributed by atoms with van der Waals surface area (Å²) >= 11 is 5.81. The fourth-order valence-corrected chi connectivity index (χ4v) is 1.69. The summed E-state index contributed by atoms with van der Waals surface area (Å²) in [6.07, 6.45) is 1.38. The van der Waals surface area contributed by atoms with E-state index in [9.17, 15) is 4.79 Å². The largest absolute Gasteiger partial charge is 0.476 e. The van der Waals surface area contributed by atoms with E-state index < -0.39 is 17.9 Å². The standard InChI is InChI=1S/C16H23ClO4/c1-5-6-11-19-12(2)20-15(18)16(3,4)21-14-9-7-13(17)8-10-14/h7-10,12H,5-6,11H2,1-4H3. The molecule has 0 heterocycles. The van der Waals surface area contributed by atoms with Gasteiger partial charge in [0.25, 0.3) is 0 Å². The molecule has 0 radical (unpaired) electrons. The fraction of sp³-hybridized carbons (Fsp3) is 0.562. The summed E-state index contributed by atoms with van der Waals surface area (Å²) in [6.45, 7) is 7.66. The molecule has 1 rings (SSSR count). The molecular weight excluding hydrogens is 292 g/mol. The van der Waals surface area contributed by atoms with Crippen molar-refractivity contribution in [2.24, 2.45) is 0 Å². The Kier molecular flexibility index (Phi) is 6.99. The summed E-state index contributed by atoms with van der Waals surface area (Å²) in [6, 6.07) is 6.82. The summed E-state index contributed by atoms with van der Waals surface area (Å²) in [4.78, 5) is 12.1. The Morgan fingerprint density at radius 2 is 1.90 bits per heavy atom. The minimum atomic E-state index is -1.10. The Balaban J connectivity index is 2.52. The lowest BCUT2D eigenvalue weighted by Gasteiger charge is -2.26. The van der Waals surface area contributed by atoms with Crippen molar-refractivity contribution in [3.8, 4) is 5.75 Å². The van der Waals surface area contributed by atoms with Crippen LogP contribution in [0, 0.1) is 0 Å². The van der Waals surface area contributed by atoms with Gasteiger partial charge in [-0.1, -0.05) is 24.9 Å².